The van der Waals surface area contributed by atoms with Crippen LogP contribution < -0.4 is 0 Å². The number of hydrogen-bond donors (Lipinski definition) is 2. The smallest absolute Gasteiger partial charge is 0.419 e. The van der Waals surface area contributed by atoms with Crippen LogP contribution in [0.5, 0.6) is 0 Å². The second kappa shape index (κ2) is 8.62. The van der Waals surface area contributed by atoms with Crippen molar-refractivity contribution in [2.24, 2.45) is 0 Å². The van der Waals surface area contributed by atoms with Gasteiger partial charge in [0, 0.05) is 0 Å². The van der Waals surface area contributed by atoms with Crippen molar-refractivity contribution in [1.82, 2.24) is 9.55 Å². The van der Waals surface area contributed by atoms with E-state index in [1.54, 1.807) is 13.8 Å². The highest BCUT2D eigenvalue weighted by atomic mass is 16.6. The van der Waals surface area contributed by atoms with E-state index in [0.29, 0.717) is 18.0 Å². The summed E-state index contributed by atoms with van der Waals surface area (Å²) in [6, 6.07) is 9.62. The van der Waals surface area contributed by atoms with Crippen LogP contribution in [0.1, 0.15) is 30.0 Å². The van der Waals surface area contributed by atoms with Crippen LogP contribution in [0.15, 0.2) is 36.7 Å². The molecule has 1 saturated heterocycles. The number of benzene rings is 1. The molecule has 27 heavy (non-hydrogen) atoms. The molecule has 1 aromatic heterocycles. The number of ether oxygens (including phenoxy) is 3. The van der Waals surface area contributed by atoms with Crippen molar-refractivity contribution in [2.75, 3.05) is 13.2 Å². The SMILES string of the molecule is CCOC(=O)n1cnc(C)c1[C@@H]1O[C@H](COCc2ccccc2)[C@@H](O)[C@H]1O. The Hall–Kier alpha value is -2.26. The largest absolute Gasteiger partial charge is 0.449 e. The summed E-state index contributed by atoms with van der Waals surface area (Å²) in [5.41, 5.74) is 1.88. The third-order valence-electron chi connectivity index (χ3n) is 4.49. The van der Waals surface area contributed by atoms with Crippen LogP contribution in [0.2, 0.25) is 0 Å². The predicted molar refractivity (Wildman–Crippen MR) is 95.1 cm³/mol. The molecule has 0 unspecified atom stereocenters. The number of nitrogens with zero attached hydrogens (tertiary/aromatic N) is 2. The molecule has 146 valence electrons. The van der Waals surface area contributed by atoms with Crippen molar-refractivity contribution >= 4 is 6.09 Å². The Balaban J connectivity index is 1.68. The average molecular weight is 376 g/mol. The van der Waals surface area contributed by atoms with Gasteiger partial charge in [-0.2, -0.15) is 0 Å². The van der Waals surface area contributed by atoms with Crippen LogP contribution in [0.25, 0.3) is 0 Å². The van der Waals surface area contributed by atoms with Gasteiger partial charge in [-0.1, -0.05) is 30.3 Å². The van der Waals surface area contributed by atoms with E-state index < -0.39 is 30.5 Å². The zero-order valence-electron chi connectivity index (χ0n) is 15.3. The molecule has 8 nitrogen and oxygen atoms in total. The lowest BCUT2D eigenvalue weighted by Crippen LogP contribution is -2.33. The summed E-state index contributed by atoms with van der Waals surface area (Å²) in [6.07, 6.45) is -3.27. The topological polar surface area (TPSA) is 103 Å². The number of aliphatic hydroxyl groups excluding tert-OH is 2. The minimum atomic E-state index is -1.21. The fourth-order valence-electron chi connectivity index (χ4n) is 3.11. The molecule has 0 aliphatic carbocycles. The van der Waals surface area contributed by atoms with E-state index in [1.807, 2.05) is 30.3 Å². The number of hydrogen-bond acceptors (Lipinski definition) is 7. The van der Waals surface area contributed by atoms with E-state index in [2.05, 4.69) is 4.98 Å². The van der Waals surface area contributed by atoms with Crippen molar-refractivity contribution in [3.63, 3.8) is 0 Å². The lowest BCUT2D eigenvalue weighted by Gasteiger charge is -2.17. The first-order valence-corrected chi connectivity index (χ1v) is 8.87. The molecule has 0 radical (unpaired) electrons. The van der Waals surface area contributed by atoms with E-state index in [1.165, 1.54) is 10.9 Å². The third-order valence-corrected chi connectivity index (χ3v) is 4.49. The molecule has 0 amide bonds. The molecule has 2 heterocycles. The van der Waals surface area contributed by atoms with Gasteiger partial charge in [0.15, 0.2) is 0 Å². The molecule has 0 bridgehead atoms. The number of aliphatic hydroxyl groups is 2. The van der Waals surface area contributed by atoms with E-state index in [4.69, 9.17) is 14.2 Å². The highest BCUT2D eigenvalue weighted by molar-refractivity contribution is 5.71. The van der Waals surface area contributed by atoms with Gasteiger partial charge in [-0.15, -0.1) is 0 Å². The zero-order valence-corrected chi connectivity index (χ0v) is 15.3. The van der Waals surface area contributed by atoms with Gasteiger partial charge < -0.3 is 24.4 Å². The Bertz CT molecular complexity index is 763. The fraction of sp³-hybridized carbons (Fsp3) is 0.474. The van der Waals surface area contributed by atoms with Gasteiger partial charge in [-0.05, 0) is 19.4 Å². The van der Waals surface area contributed by atoms with Crippen molar-refractivity contribution in [1.29, 1.82) is 0 Å². The first kappa shape index (κ1) is 19.5. The van der Waals surface area contributed by atoms with Crippen LogP contribution in [-0.2, 0) is 20.8 Å². The number of rotatable bonds is 6. The molecule has 1 aliphatic heterocycles. The molecular formula is C19H24N2O6. The highest BCUT2D eigenvalue weighted by Crippen LogP contribution is 2.35. The average Bonchev–Trinajstić information content (AvgIpc) is 3.17. The van der Waals surface area contributed by atoms with E-state index >= 15 is 0 Å². The van der Waals surface area contributed by atoms with Crippen LogP contribution >= 0.6 is 0 Å². The maximum atomic E-state index is 12.1. The van der Waals surface area contributed by atoms with Gasteiger partial charge >= 0.3 is 6.09 Å². The fourth-order valence-corrected chi connectivity index (χ4v) is 3.11. The molecule has 2 aromatic rings. The molecule has 1 fully saturated rings. The predicted octanol–water partition coefficient (Wildman–Crippen LogP) is 1.57. The number of aryl methyl sites for hydroxylation is 1. The number of carbonyl (C=O) groups excluding carboxylic acids is 1. The quantitative estimate of drug-likeness (QED) is 0.789. The molecule has 1 aromatic carbocycles. The molecule has 0 spiro atoms. The first-order valence-electron chi connectivity index (χ1n) is 8.87. The van der Waals surface area contributed by atoms with E-state index in [-0.39, 0.29) is 13.2 Å². The number of aromatic nitrogens is 2. The molecule has 4 atom stereocenters. The summed E-state index contributed by atoms with van der Waals surface area (Å²) in [5, 5.41) is 20.8. The van der Waals surface area contributed by atoms with Gasteiger partial charge in [-0.25, -0.2) is 14.3 Å². The van der Waals surface area contributed by atoms with E-state index in [0.717, 1.165) is 5.56 Å². The summed E-state index contributed by atoms with van der Waals surface area (Å²) in [4.78, 5) is 16.2. The minimum absolute atomic E-state index is 0.107. The van der Waals surface area contributed by atoms with Crippen molar-refractivity contribution < 1.29 is 29.2 Å². The Morgan fingerprint density at radius 1 is 1.26 bits per heavy atom. The lowest BCUT2D eigenvalue weighted by atomic mass is 10.0. The maximum Gasteiger partial charge on any atom is 0.419 e. The van der Waals surface area contributed by atoms with Crippen molar-refractivity contribution in [3.8, 4) is 0 Å². The van der Waals surface area contributed by atoms with Gasteiger partial charge in [0.05, 0.1) is 31.2 Å². The van der Waals surface area contributed by atoms with Gasteiger partial charge in [0.2, 0.25) is 0 Å². The second-order valence-electron chi connectivity index (χ2n) is 6.36. The molecular weight excluding hydrogens is 352 g/mol. The summed E-state index contributed by atoms with van der Waals surface area (Å²) in [5.74, 6) is 0. The van der Waals surface area contributed by atoms with Gasteiger partial charge in [0.1, 0.15) is 30.7 Å². The first-order chi connectivity index (χ1) is 13.0. The lowest BCUT2D eigenvalue weighted by molar-refractivity contribution is -0.0503. The van der Waals surface area contributed by atoms with Crippen molar-refractivity contribution in [2.45, 2.75) is 44.9 Å². The molecule has 0 saturated carbocycles. The number of carbonyl (C=O) groups is 1. The summed E-state index contributed by atoms with van der Waals surface area (Å²) < 4.78 is 17.7. The molecule has 3 rings (SSSR count). The van der Waals surface area contributed by atoms with Gasteiger partial charge in [0.25, 0.3) is 0 Å². The van der Waals surface area contributed by atoms with Crippen LogP contribution in [-0.4, -0.2) is 57.4 Å². The monoisotopic (exact) mass is 376 g/mol. The van der Waals surface area contributed by atoms with Crippen LogP contribution in [0, 0.1) is 6.92 Å². The minimum Gasteiger partial charge on any atom is -0.449 e. The Labute approximate surface area is 157 Å². The summed E-state index contributed by atoms with van der Waals surface area (Å²) in [7, 11) is 0. The summed E-state index contributed by atoms with van der Waals surface area (Å²) in [6.45, 7) is 4.09. The van der Waals surface area contributed by atoms with Crippen LogP contribution in [0.4, 0.5) is 4.79 Å². The number of imidazole rings is 1. The second-order valence-corrected chi connectivity index (χ2v) is 6.36. The Morgan fingerprint density at radius 2 is 2.00 bits per heavy atom. The highest BCUT2D eigenvalue weighted by Gasteiger charge is 2.46. The molecule has 2 N–H and O–H groups in total. The molecule has 8 heteroatoms. The Morgan fingerprint density at radius 3 is 2.70 bits per heavy atom. The summed E-state index contributed by atoms with van der Waals surface area (Å²) >= 11 is 0. The van der Waals surface area contributed by atoms with Crippen LogP contribution in [0.3, 0.4) is 0 Å². The van der Waals surface area contributed by atoms with E-state index in [9.17, 15) is 15.0 Å². The normalized spacial score (nSPS) is 24.9. The van der Waals surface area contributed by atoms with Gasteiger partial charge in [-0.3, -0.25) is 0 Å². The standard InChI is InChI=1S/C19H24N2O6/c1-3-26-19(24)21-11-20-12(2)15(21)18-17(23)16(22)14(27-18)10-25-9-13-7-5-4-6-8-13/h4-8,11,14,16-18,22-23H,3,9-10H2,1-2H3/t14-,16-,17-,18+/m1/s1. The Kier molecular flexibility index (Phi) is 6.22. The third kappa shape index (κ3) is 4.19. The molecule has 1 aliphatic rings. The maximum absolute atomic E-state index is 12.1. The zero-order chi connectivity index (χ0) is 19.4. The van der Waals surface area contributed by atoms with Crippen molar-refractivity contribution in [3.05, 3.63) is 53.6 Å².